The van der Waals surface area contributed by atoms with Gasteiger partial charge in [0.1, 0.15) is 0 Å². The third kappa shape index (κ3) is 3.59. The predicted molar refractivity (Wildman–Crippen MR) is 95.8 cm³/mol. The molecule has 0 spiro atoms. The van der Waals surface area contributed by atoms with Crippen LogP contribution in [0.5, 0.6) is 0 Å². The van der Waals surface area contributed by atoms with Gasteiger partial charge in [-0.25, -0.2) is 13.4 Å². The van der Waals surface area contributed by atoms with Crippen molar-refractivity contribution < 1.29 is 21.6 Å². The maximum atomic E-state index is 12.7. The number of benzene rings is 2. The molecule has 0 amide bonds. The van der Waals surface area contributed by atoms with Crippen molar-refractivity contribution >= 4 is 49.3 Å². The zero-order valence-corrected chi connectivity index (χ0v) is 15.6. The van der Waals surface area contributed by atoms with E-state index in [1.165, 1.54) is 24.3 Å². The highest BCUT2D eigenvalue weighted by Crippen LogP contribution is 2.30. The molecule has 0 atom stereocenters. The van der Waals surface area contributed by atoms with E-state index in [4.69, 9.17) is 0 Å². The third-order valence-corrected chi connectivity index (χ3v) is 6.21. The summed E-state index contributed by atoms with van der Waals surface area (Å²) in [6.07, 6.45) is -4.60. The van der Waals surface area contributed by atoms with Crippen LogP contribution in [0.3, 0.4) is 0 Å². The fraction of sp³-hybridized carbons (Fsp3) is 0.133. The van der Waals surface area contributed by atoms with Crippen LogP contribution in [0.4, 0.5) is 18.9 Å². The molecular formula is C15H11F3IN3O2S. The molecule has 0 radical (unpaired) electrons. The van der Waals surface area contributed by atoms with Gasteiger partial charge in [0.2, 0.25) is 5.82 Å². The van der Waals surface area contributed by atoms with E-state index in [-0.39, 0.29) is 21.6 Å². The summed E-state index contributed by atoms with van der Waals surface area (Å²) in [5.41, 5.74) is 0.911. The van der Waals surface area contributed by atoms with Gasteiger partial charge in [-0.3, -0.25) is 4.72 Å². The quantitative estimate of drug-likeness (QED) is 0.549. The molecule has 2 aromatic carbocycles. The summed E-state index contributed by atoms with van der Waals surface area (Å²) < 4.78 is 66.4. The Kier molecular flexibility index (Phi) is 4.43. The predicted octanol–water partition coefficient (Wildman–Crippen LogP) is 4.30. The molecule has 25 heavy (non-hydrogen) atoms. The summed E-state index contributed by atoms with van der Waals surface area (Å²) in [7, 11) is -3.87. The van der Waals surface area contributed by atoms with Gasteiger partial charge in [0, 0.05) is 3.57 Å². The first kappa shape index (κ1) is 18.0. The Hall–Kier alpha value is -1.82. The molecule has 0 aliphatic carbocycles. The topological polar surface area (TPSA) is 74.8 Å². The van der Waals surface area contributed by atoms with E-state index in [1.807, 2.05) is 22.6 Å². The van der Waals surface area contributed by atoms with E-state index in [0.717, 1.165) is 3.57 Å². The van der Waals surface area contributed by atoms with Crippen molar-refractivity contribution in [2.24, 2.45) is 0 Å². The molecule has 3 rings (SSSR count). The molecule has 3 aromatic rings. The third-order valence-electron chi connectivity index (χ3n) is 3.51. The molecule has 1 aromatic heterocycles. The van der Waals surface area contributed by atoms with Gasteiger partial charge in [-0.2, -0.15) is 13.2 Å². The van der Waals surface area contributed by atoms with Gasteiger partial charge in [0.15, 0.2) is 0 Å². The highest BCUT2D eigenvalue weighted by molar-refractivity contribution is 14.1. The molecular weight excluding hydrogens is 470 g/mol. The number of H-pyrrole nitrogens is 1. The monoisotopic (exact) mass is 481 g/mol. The lowest BCUT2D eigenvalue weighted by Crippen LogP contribution is -2.14. The Morgan fingerprint density at radius 3 is 2.60 bits per heavy atom. The van der Waals surface area contributed by atoms with Crippen LogP contribution in [-0.2, 0) is 16.2 Å². The number of aromatic amines is 1. The number of sulfonamides is 1. The number of imidazole rings is 1. The van der Waals surface area contributed by atoms with Crippen LogP contribution in [0.25, 0.3) is 11.0 Å². The van der Waals surface area contributed by atoms with Crippen molar-refractivity contribution in [3.05, 3.63) is 51.4 Å². The smallest absolute Gasteiger partial charge is 0.334 e. The van der Waals surface area contributed by atoms with E-state index >= 15 is 0 Å². The second kappa shape index (κ2) is 6.16. The number of halogens is 4. The molecule has 0 bridgehead atoms. The number of nitrogens with one attached hydrogen (secondary N) is 2. The zero-order valence-electron chi connectivity index (χ0n) is 12.6. The van der Waals surface area contributed by atoms with Crippen LogP contribution in [-0.4, -0.2) is 18.4 Å². The molecule has 1 heterocycles. The average Bonchev–Trinajstić information content (AvgIpc) is 2.93. The first-order valence-electron chi connectivity index (χ1n) is 6.93. The molecule has 0 unspecified atom stereocenters. The van der Waals surface area contributed by atoms with Gasteiger partial charge < -0.3 is 4.98 Å². The second-order valence-corrected chi connectivity index (χ2v) is 8.10. The summed E-state index contributed by atoms with van der Waals surface area (Å²) in [6, 6.07) is 8.84. The molecule has 0 saturated heterocycles. The minimum absolute atomic E-state index is 0.0203. The Morgan fingerprint density at radius 1 is 1.20 bits per heavy atom. The standard InChI is InChI=1S/C15H11F3IN3O2S/c1-8-10(19)3-2-4-13(8)25(23,24)22-9-5-6-11-12(7-9)21-14(20-11)15(16,17)18/h2-7,22H,1H3,(H,20,21). The minimum atomic E-state index is -4.60. The van der Waals surface area contributed by atoms with Crippen molar-refractivity contribution in [3.63, 3.8) is 0 Å². The maximum Gasteiger partial charge on any atom is 0.449 e. The van der Waals surface area contributed by atoms with Gasteiger partial charge in [-0.15, -0.1) is 0 Å². The highest BCUT2D eigenvalue weighted by Gasteiger charge is 2.34. The summed E-state index contributed by atoms with van der Waals surface area (Å²) in [5, 5.41) is 0. The molecule has 2 N–H and O–H groups in total. The van der Waals surface area contributed by atoms with E-state index in [0.29, 0.717) is 5.56 Å². The van der Waals surface area contributed by atoms with Crippen molar-refractivity contribution in [2.45, 2.75) is 18.0 Å². The van der Waals surface area contributed by atoms with Gasteiger partial charge in [-0.05, 0) is 65.4 Å². The first-order chi connectivity index (χ1) is 11.6. The lowest BCUT2D eigenvalue weighted by atomic mass is 10.2. The van der Waals surface area contributed by atoms with Crippen LogP contribution in [0.15, 0.2) is 41.3 Å². The van der Waals surface area contributed by atoms with Gasteiger partial charge >= 0.3 is 6.18 Å². The second-order valence-electron chi connectivity index (χ2n) is 5.28. The Morgan fingerprint density at radius 2 is 1.92 bits per heavy atom. The van der Waals surface area contributed by atoms with Gasteiger partial charge in [0.05, 0.1) is 21.6 Å². The number of fused-ring (bicyclic) bond motifs is 1. The Balaban J connectivity index is 1.98. The molecule has 10 heteroatoms. The number of aromatic nitrogens is 2. The fourth-order valence-electron chi connectivity index (χ4n) is 2.29. The Labute approximate surface area is 154 Å². The van der Waals surface area contributed by atoms with E-state index < -0.39 is 22.0 Å². The van der Waals surface area contributed by atoms with Crippen LogP contribution < -0.4 is 4.72 Å². The Bertz CT molecular complexity index is 1060. The van der Waals surface area contributed by atoms with Crippen LogP contribution in [0, 0.1) is 10.5 Å². The molecule has 0 saturated carbocycles. The lowest BCUT2D eigenvalue weighted by Gasteiger charge is -2.11. The molecule has 5 nitrogen and oxygen atoms in total. The minimum Gasteiger partial charge on any atom is -0.334 e. The van der Waals surface area contributed by atoms with Crippen molar-refractivity contribution in [1.29, 1.82) is 0 Å². The van der Waals surface area contributed by atoms with Gasteiger partial charge in [-0.1, -0.05) is 6.07 Å². The van der Waals surface area contributed by atoms with Crippen LogP contribution in [0.2, 0.25) is 0 Å². The summed E-state index contributed by atoms with van der Waals surface area (Å²) in [4.78, 5) is 5.73. The number of hydrogen-bond donors (Lipinski definition) is 2. The molecule has 0 aliphatic heterocycles. The van der Waals surface area contributed by atoms with Crippen molar-refractivity contribution in [1.82, 2.24) is 9.97 Å². The van der Waals surface area contributed by atoms with Crippen molar-refractivity contribution in [2.75, 3.05) is 4.72 Å². The largest absolute Gasteiger partial charge is 0.449 e. The molecule has 132 valence electrons. The van der Waals surface area contributed by atoms with Crippen molar-refractivity contribution in [3.8, 4) is 0 Å². The van der Waals surface area contributed by atoms with Gasteiger partial charge in [0.25, 0.3) is 10.0 Å². The fourth-order valence-corrected chi connectivity index (χ4v) is 4.29. The summed E-state index contributed by atoms with van der Waals surface area (Å²) in [6.45, 7) is 1.68. The molecule has 0 aliphatic rings. The average molecular weight is 481 g/mol. The van der Waals surface area contributed by atoms with E-state index in [2.05, 4.69) is 14.7 Å². The SMILES string of the molecule is Cc1c(I)cccc1S(=O)(=O)Nc1ccc2[nH]c(C(F)(F)F)nc2c1. The molecule has 0 fully saturated rings. The highest BCUT2D eigenvalue weighted by atomic mass is 127. The van der Waals surface area contributed by atoms with Crippen LogP contribution >= 0.6 is 22.6 Å². The number of rotatable bonds is 3. The lowest BCUT2D eigenvalue weighted by molar-refractivity contribution is -0.144. The summed E-state index contributed by atoms with van der Waals surface area (Å²) in [5.74, 6) is -1.13. The number of alkyl halides is 3. The number of hydrogen-bond acceptors (Lipinski definition) is 3. The summed E-state index contributed by atoms with van der Waals surface area (Å²) >= 11 is 2.03. The normalized spacial score (nSPS) is 12.5. The zero-order chi connectivity index (χ0) is 18.4. The number of nitrogens with zero attached hydrogens (tertiary/aromatic N) is 1. The van der Waals surface area contributed by atoms with E-state index in [9.17, 15) is 21.6 Å². The maximum absolute atomic E-state index is 12.7. The van der Waals surface area contributed by atoms with Crippen LogP contribution in [0.1, 0.15) is 11.4 Å². The van der Waals surface area contributed by atoms with E-state index in [1.54, 1.807) is 19.1 Å². The first-order valence-corrected chi connectivity index (χ1v) is 9.49. The number of anilines is 1.